The summed E-state index contributed by atoms with van der Waals surface area (Å²) in [5.41, 5.74) is 3.29. The van der Waals surface area contributed by atoms with Gasteiger partial charge in [0.25, 0.3) is 5.95 Å². The zero-order valence-electron chi connectivity index (χ0n) is 20.4. The van der Waals surface area contributed by atoms with Gasteiger partial charge in [-0.05, 0) is 65.8 Å². The fourth-order valence-corrected chi connectivity index (χ4v) is 5.22. The third-order valence-electron chi connectivity index (χ3n) is 7.51. The van der Waals surface area contributed by atoms with E-state index in [2.05, 4.69) is 40.5 Å². The zero-order valence-corrected chi connectivity index (χ0v) is 20.4. The van der Waals surface area contributed by atoms with Gasteiger partial charge in [-0.1, -0.05) is 46.2 Å². The highest BCUT2D eigenvalue weighted by molar-refractivity contribution is 5.71. The number of rotatable bonds is 8. The molecule has 1 aromatic carbocycles. The number of hydrogen-bond donors (Lipinski definition) is 2. The molecule has 1 saturated carbocycles. The Morgan fingerprint density at radius 3 is 2.70 bits per heavy atom. The zero-order chi connectivity index (χ0) is 23.6. The molecule has 0 spiro atoms. The highest BCUT2D eigenvalue weighted by atomic mass is 16.5. The van der Waals surface area contributed by atoms with Crippen LogP contribution in [0, 0.1) is 17.3 Å². The quantitative estimate of drug-likeness (QED) is 0.560. The van der Waals surface area contributed by atoms with Crippen molar-refractivity contribution in [2.24, 2.45) is 17.3 Å². The molecule has 1 aliphatic heterocycles. The second-order valence-corrected chi connectivity index (χ2v) is 10.8. The molecule has 7 nitrogen and oxygen atoms in total. The molecule has 7 heteroatoms. The van der Waals surface area contributed by atoms with Gasteiger partial charge in [0.2, 0.25) is 5.89 Å². The summed E-state index contributed by atoms with van der Waals surface area (Å²) in [4.78, 5) is 18.5. The molecule has 1 atom stereocenters. The van der Waals surface area contributed by atoms with Gasteiger partial charge >= 0.3 is 5.97 Å². The Balaban J connectivity index is 1.37. The third-order valence-corrected chi connectivity index (χ3v) is 7.51. The van der Waals surface area contributed by atoms with Gasteiger partial charge in [0.1, 0.15) is 0 Å². The number of aliphatic carboxylic acids is 1. The number of carboxylic acids is 1. The van der Waals surface area contributed by atoms with Crippen molar-refractivity contribution in [3.8, 4) is 0 Å². The number of hydrogen-bond acceptors (Lipinski definition) is 6. The minimum atomic E-state index is -0.752. The molecule has 1 fully saturated rings. The van der Waals surface area contributed by atoms with Gasteiger partial charge in [0, 0.05) is 31.2 Å². The van der Waals surface area contributed by atoms with Crippen LogP contribution in [-0.2, 0) is 17.8 Å². The van der Waals surface area contributed by atoms with Gasteiger partial charge < -0.3 is 19.8 Å². The van der Waals surface area contributed by atoms with Gasteiger partial charge in [-0.2, -0.15) is 4.98 Å². The first kappa shape index (κ1) is 23.7. The number of nitrogens with one attached hydrogen (secondary N) is 1. The number of anilines is 2. The Morgan fingerprint density at radius 1 is 1.27 bits per heavy atom. The van der Waals surface area contributed by atoms with E-state index >= 15 is 0 Å². The summed E-state index contributed by atoms with van der Waals surface area (Å²) in [5, 5.41) is 17.2. The Morgan fingerprint density at radius 2 is 2.03 bits per heavy atom. The van der Waals surface area contributed by atoms with E-state index in [1.54, 1.807) is 0 Å². The molecule has 0 saturated heterocycles. The highest BCUT2D eigenvalue weighted by Gasteiger charge is 2.31. The molecule has 2 heterocycles. The van der Waals surface area contributed by atoms with Crippen molar-refractivity contribution in [1.82, 2.24) is 15.5 Å². The van der Waals surface area contributed by atoms with Crippen LogP contribution in [0.3, 0.4) is 0 Å². The van der Waals surface area contributed by atoms with Crippen LogP contribution in [0.5, 0.6) is 0 Å². The number of fused-ring (bicyclic) bond motifs is 1. The smallest absolute Gasteiger partial charge is 0.308 e. The van der Waals surface area contributed by atoms with Crippen LogP contribution in [0.1, 0.15) is 82.7 Å². The molecule has 2 N–H and O–H groups in total. The van der Waals surface area contributed by atoms with Gasteiger partial charge in [0.15, 0.2) is 0 Å². The summed E-state index contributed by atoms with van der Waals surface area (Å²) < 4.78 is 5.69. The van der Waals surface area contributed by atoms with Gasteiger partial charge in [0.05, 0.1) is 5.92 Å². The van der Waals surface area contributed by atoms with E-state index in [1.165, 1.54) is 24.8 Å². The van der Waals surface area contributed by atoms with E-state index in [-0.39, 0.29) is 5.41 Å². The van der Waals surface area contributed by atoms with Crippen molar-refractivity contribution < 1.29 is 14.4 Å². The lowest BCUT2D eigenvalue weighted by Crippen LogP contribution is -2.37. The summed E-state index contributed by atoms with van der Waals surface area (Å²) in [5.74, 6) is 1.53. The van der Waals surface area contributed by atoms with Gasteiger partial charge in [-0.25, -0.2) is 0 Å². The standard InChI is InChI=1S/C26H38N4O3/c1-5-17-6-9-19(10-7-17)23-28-25(29-33-23)30-13-12-20-14-18(8-11-22(20)30)15-27-16-21(24(31)32)26(2,3)4/h8,11,14,17,19,21,27H,5-7,9-10,12-13,15-16H2,1-4H3,(H,31,32). The predicted octanol–water partition coefficient (Wildman–Crippen LogP) is 5.28. The summed E-state index contributed by atoms with van der Waals surface area (Å²) >= 11 is 0. The average molecular weight is 455 g/mol. The first-order chi connectivity index (χ1) is 15.8. The van der Waals surface area contributed by atoms with Crippen molar-refractivity contribution in [3.05, 3.63) is 35.2 Å². The summed E-state index contributed by atoms with van der Waals surface area (Å²) in [6.07, 6.45) is 7.00. The number of nitrogens with zero attached hydrogens (tertiary/aromatic N) is 3. The van der Waals surface area contributed by atoms with Crippen molar-refractivity contribution >= 4 is 17.6 Å². The molecule has 1 aromatic heterocycles. The van der Waals surface area contributed by atoms with E-state index in [4.69, 9.17) is 9.51 Å². The van der Waals surface area contributed by atoms with Crippen LogP contribution < -0.4 is 10.2 Å². The van der Waals surface area contributed by atoms with Crippen LogP contribution in [0.4, 0.5) is 11.6 Å². The Kier molecular flexibility index (Phi) is 7.07. The van der Waals surface area contributed by atoms with Crippen LogP contribution in [0.25, 0.3) is 0 Å². The Bertz CT molecular complexity index is 957. The summed E-state index contributed by atoms with van der Waals surface area (Å²) in [6.45, 7) is 10.1. The average Bonchev–Trinajstić information content (AvgIpc) is 3.42. The number of benzene rings is 1. The largest absolute Gasteiger partial charge is 0.481 e. The van der Waals surface area contributed by atoms with Gasteiger partial charge in [-0.3, -0.25) is 4.79 Å². The normalized spacial score (nSPS) is 21.8. The van der Waals surface area contributed by atoms with E-state index in [1.807, 2.05) is 20.8 Å². The molecule has 33 heavy (non-hydrogen) atoms. The predicted molar refractivity (Wildman–Crippen MR) is 129 cm³/mol. The second-order valence-electron chi connectivity index (χ2n) is 10.8. The maximum atomic E-state index is 11.6. The van der Waals surface area contributed by atoms with Crippen LogP contribution >= 0.6 is 0 Å². The van der Waals surface area contributed by atoms with E-state index in [9.17, 15) is 9.90 Å². The number of aromatic nitrogens is 2. The van der Waals surface area contributed by atoms with E-state index in [0.717, 1.165) is 48.9 Å². The van der Waals surface area contributed by atoms with Gasteiger partial charge in [-0.15, -0.1) is 0 Å². The first-order valence-electron chi connectivity index (χ1n) is 12.4. The summed E-state index contributed by atoms with van der Waals surface area (Å²) in [6, 6.07) is 6.44. The monoisotopic (exact) mass is 454 g/mol. The van der Waals surface area contributed by atoms with Crippen LogP contribution in [-0.4, -0.2) is 34.3 Å². The van der Waals surface area contributed by atoms with E-state index < -0.39 is 11.9 Å². The molecular weight excluding hydrogens is 416 g/mol. The molecule has 0 radical (unpaired) electrons. The lowest BCUT2D eigenvalue weighted by molar-refractivity contribution is -0.145. The Hall–Kier alpha value is -2.41. The molecule has 1 aliphatic carbocycles. The summed E-state index contributed by atoms with van der Waals surface area (Å²) in [7, 11) is 0. The lowest BCUT2D eigenvalue weighted by Gasteiger charge is -2.27. The molecule has 1 unspecified atom stereocenters. The molecule has 2 aromatic rings. The van der Waals surface area contributed by atoms with Crippen LogP contribution in [0.15, 0.2) is 22.7 Å². The minimum Gasteiger partial charge on any atom is -0.481 e. The number of carbonyl (C=O) groups is 1. The Labute approximate surface area is 196 Å². The van der Waals surface area contributed by atoms with Crippen molar-refractivity contribution in [2.45, 2.75) is 78.7 Å². The topological polar surface area (TPSA) is 91.5 Å². The van der Waals surface area contributed by atoms with Crippen molar-refractivity contribution in [2.75, 3.05) is 18.0 Å². The van der Waals surface area contributed by atoms with E-state index in [0.29, 0.717) is 25.0 Å². The maximum Gasteiger partial charge on any atom is 0.308 e. The third kappa shape index (κ3) is 5.40. The molecule has 2 aliphatic rings. The molecule has 0 amide bonds. The fraction of sp³-hybridized carbons (Fsp3) is 0.654. The maximum absolute atomic E-state index is 11.6. The highest BCUT2D eigenvalue weighted by Crippen LogP contribution is 2.38. The minimum absolute atomic E-state index is 0.282. The lowest BCUT2D eigenvalue weighted by atomic mass is 9.80. The first-order valence-corrected chi connectivity index (χ1v) is 12.4. The molecule has 180 valence electrons. The molecule has 4 rings (SSSR count). The fourth-order valence-electron chi connectivity index (χ4n) is 5.22. The number of carboxylic acid groups (broad SMARTS) is 1. The molecule has 0 bridgehead atoms. The SMILES string of the molecule is CCC1CCC(c2nc(N3CCc4cc(CNCC(C(=O)O)C(C)(C)C)ccc43)no2)CC1. The van der Waals surface area contributed by atoms with Crippen LogP contribution in [0.2, 0.25) is 0 Å². The second kappa shape index (κ2) is 9.84. The molecular formula is C26H38N4O3. The van der Waals surface area contributed by atoms with Crippen molar-refractivity contribution in [1.29, 1.82) is 0 Å². The van der Waals surface area contributed by atoms with Crippen molar-refractivity contribution in [3.63, 3.8) is 0 Å².